The van der Waals surface area contributed by atoms with Gasteiger partial charge in [-0.3, -0.25) is 4.79 Å². The number of hydrogen-bond donors (Lipinski definition) is 1. The summed E-state index contributed by atoms with van der Waals surface area (Å²) in [6, 6.07) is 7.16. The van der Waals surface area contributed by atoms with Crippen LogP contribution in [0.3, 0.4) is 0 Å². The fourth-order valence-electron chi connectivity index (χ4n) is 1.54. The standard InChI is InChI=1S/C14H18BrNO3S2/c1-19-14(18)12(7-8-20-2)16-13(17)9-21-11-5-3-10(15)4-6-11/h3-6,12H,7-9H2,1-2H3,(H,16,17)/t12-/m1/s1. The van der Waals surface area contributed by atoms with Crippen molar-refractivity contribution in [3.05, 3.63) is 28.7 Å². The van der Waals surface area contributed by atoms with E-state index in [1.165, 1.54) is 18.9 Å². The maximum absolute atomic E-state index is 11.9. The first-order chi connectivity index (χ1) is 10.1. The summed E-state index contributed by atoms with van der Waals surface area (Å²) < 4.78 is 5.71. The van der Waals surface area contributed by atoms with E-state index in [2.05, 4.69) is 21.2 Å². The van der Waals surface area contributed by atoms with Crippen molar-refractivity contribution in [3.63, 3.8) is 0 Å². The highest BCUT2D eigenvalue weighted by atomic mass is 79.9. The number of hydrogen-bond acceptors (Lipinski definition) is 5. The second-order valence-corrected chi connectivity index (χ2v) is 7.12. The van der Waals surface area contributed by atoms with Crippen LogP contribution in [0.5, 0.6) is 0 Å². The Kier molecular flexibility index (Phi) is 8.87. The van der Waals surface area contributed by atoms with Crippen LogP contribution in [-0.2, 0) is 14.3 Å². The number of carbonyl (C=O) groups is 2. The first-order valence-corrected chi connectivity index (χ1v) is 9.48. The van der Waals surface area contributed by atoms with Gasteiger partial charge >= 0.3 is 5.97 Å². The summed E-state index contributed by atoms with van der Waals surface area (Å²) in [7, 11) is 1.33. The SMILES string of the molecule is COC(=O)[C@@H](CCSC)NC(=O)CSc1ccc(Br)cc1. The first-order valence-electron chi connectivity index (χ1n) is 6.31. The second-order valence-electron chi connectivity index (χ2n) is 4.17. The van der Waals surface area contributed by atoms with Crippen molar-refractivity contribution >= 4 is 51.3 Å². The maximum atomic E-state index is 11.9. The zero-order chi connectivity index (χ0) is 15.7. The average molecular weight is 392 g/mol. The van der Waals surface area contributed by atoms with Crippen molar-refractivity contribution in [2.24, 2.45) is 0 Å². The summed E-state index contributed by atoms with van der Waals surface area (Å²) in [5, 5.41) is 2.73. The molecule has 1 aromatic carbocycles. The van der Waals surface area contributed by atoms with Gasteiger partial charge in [-0.1, -0.05) is 15.9 Å². The number of nitrogens with one attached hydrogen (secondary N) is 1. The molecule has 1 rings (SSSR count). The molecule has 0 unspecified atom stereocenters. The van der Waals surface area contributed by atoms with Gasteiger partial charge in [0.25, 0.3) is 0 Å². The van der Waals surface area contributed by atoms with Crippen LogP contribution < -0.4 is 5.32 Å². The highest BCUT2D eigenvalue weighted by Gasteiger charge is 2.20. The molecule has 21 heavy (non-hydrogen) atoms. The van der Waals surface area contributed by atoms with Crippen molar-refractivity contribution in [1.82, 2.24) is 5.32 Å². The van der Waals surface area contributed by atoms with E-state index in [0.717, 1.165) is 15.1 Å². The van der Waals surface area contributed by atoms with Crippen molar-refractivity contribution in [2.45, 2.75) is 17.4 Å². The summed E-state index contributed by atoms with van der Waals surface area (Å²) in [6.45, 7) is 0. The Balaban J connectivity index is 2.45. The quantitative estimate of drug-likeness (QED) is 0.545. The second kappa shape index (κ2) is 10.1. The Labute approximate surface area is 141 Å². The minimum Gasteiger partial charge on any atom is -0.467 e. The van der Waals surface area contributed by atoms with Crippen LogP contribution in [0.25, 0.3) is 0 Å². The van der Waals surface area contributed by atoms with Crippen molar-refractivity contribution in [1.29, 1.82) is 0 Å². The molecule has 1 amide bonds. The maximum Gasteiger partial charge on any atom is 0.328 e. The van der Waals surface area contributed by atoms with Gasteiger partial charge in [0.1, 0.15) is 6.04 Å². The lowest BCUT2D eigenvalue weighted by Gasteiger charge is -2.15. The molecule has 116 valence electrons. The highest BCUT2D eigenvalue weighted by Crippen LogP contribution is 2.20. The van der Waals surface area contributed by atoms with Gasteiger partial charge in [-0.15, -0.1) is 11.8 Å². The molecule has 1 aromatic rings. The van der Waals surface area contributed by atoms with Crippen LogP contribution in [0.15, 0.2) is 33.6 Å². The number of carbonyl (C=O) groups excluding carboxylic acids is 2. The predicted octanol–water partition coefficient (Wildman–Crippen LogP) is 2.95. The molecule has 1 N–H and O–H groups in total. The molecule has 0 aliphatic rings. The fourth-order valence-corrected chi connectivity index (χ4v) is 2.99. The van der Waals surface area contributed by atoms with E-state index in [0.29, 0.717) is 6.42 Å². The van der Waals surface area contributed by atoms with E-state index in [-0.39, 0.29) is 11.7 Å². The largest absolute Gasteiger partial charge is 0.467 e. The van der Waals surface area contributed by atoms with Crippen LogP contribution in [0.4, 0.5) is 0 Å². The third-order valence-electron chi connectivity index (χ3n) is 2.62. The molecule has 0 aromatic heterocycles. The van der Waals surface area contributed by atoms with E-state index < -0.39 is 12.0 Å². The van der Waals surface area contributed by atoms with E-state index in [1.54, 1.807) is 11.8 Å². The van der Waals surface area contributed by atoms with Crippen LogP contribution in [0, 0.1) is 0 Å². The molecule has 0 heterocycles. The molecule has 0 saturated carbocycles. The lowest BCUT2D eigenvalue weighted by molar-refractivity contribution is -0.144. The van der Waals surface area contributed by atoms with E-state index in [4.69, 9.17) is 4.74 Å². The smallest absolute Gasteiger partial charge is 0.328 e. The topological polar surface area (TPSA) is 55.4 Å². The molecule has 0 aliphatic carbocycles. The first kappa shape index (κ1) is 18.4. The van der Waals surface area contributed by atoms with Gasteiger partial charge in [-0.25, -0.2) is 4.79 Å². The third-order valence-corrected chi connectivity index (χ3v) is 4.80. The summed E-state index contributed by atoms with van der Waals surface area (Å²) >= 11 is 6.42. The Bertz CT molecular complexity index is 468. The van der Waals surface area contributed by atoms with Crippen molar-refractivity contribution < 1.29 is 14.3 Å². The monoisotopic (exact) mass is 391 g/mol. The van der Waals surface area contributed by atoms with Gasteiger partial charge in [-0.05, 0) is 42.7 Å². The minimum atomic E-state index is -0.569. The number of thioether (sulfide) groups is 2. The van der Waals surface area contributed by atoms with E-state index in [9.17, 15) is 9.59 Å². The number of halogens is 1. The molecule has 0 bridgehead atoms. The lowest BCUT2D eigenvalue weighted by atomic mass is 10.2. The van der Waals surface area contributed by atoms with Crippen LogP contribution in [0.2, 0.25) is 0 Å². The molecule has 0 radical (unpaired) electrons. The molecule has 0 aliphatic heterocycles. The zero-order valence-electron chi connectivity index (χ0n) is 11.9. The number of amides is 1. The van der Waals surface area contributed by atoms with Gasteiger partial charge in [0.2, 0.25) is 5.91 Å². The normalized spacial score (nSPS) is 11.8. The van der Waals surface area contributed by atoms with Gasteiger partial charge in [0, 0.05) is 9.37 Å². The minimum absolute atomic E-state index is 0.167. The Morgan fingerprint density at radius 2 is 2.00 bits per heavy atom. The van der Waals surface area contributed by atoms with Crippen LogP contribution in [-0.4, -0.2) is 42.8 Å². The molecule has 0 saturated heterocycles. The van der Waals surface area contributed by atoms with Gasteiger partial charge in [-0.2, -0.15) is 11.8 Å². The van der Waals surface area contributed by atoms with Crippen LogP contribution in [0.1, 0.15) is 6.42 Å². The van der Waals surface area contributed by atoms with E-state index >= 15 is 0 Å². The number of esters is 1. The van der Waals surface area contributed by atoms with Gasteiger partial charge in [0.15, 0.2) is 0 Å². The Morgan fingerprint density at radius 1 is 1.33 bits per heavy atom. The summed E-state index contributed by atoms with van der Waals surface area (Å²) in [5.41, 5.74) is 0. The highest BCUT2D eigenvalue weighted by molar-refractivity contribution is 9.10. The number of rotatable bonds is 8. The fraction of sp³-hybridized carbons (Fsp3) is 0.429. The molecule has 4 nitrogen and oxygen atoms in total. The Hall–Kier alpha value is -0.660. The van der Waals surface area contributed by atoms with Gasteiger partial charge in [0.05, 0.1) is 12.9 Å². The molecular weight excluding hydrogens is 374 g/mol. The summed E-state index contributed by atoms with van der Waals surface area (Å²) in [6.07, 6.45) is 2.53. The Morgan fingerprint density at radius 3 is 2.57 bits per heavy atom. The van der Waals surface area contributed by atoms with Crippen LogP contribution >= 0.6 is 39.5 Å². The van der Waals surface area contributed by atoms with Crippen molar-refractivity contribution in [3.8, 4) is 0 Å². The molecule has 0 spiro atoms. The number of benzene rings is 1. The lowest BCUT2D eigenvalue weighted by Crippen LogP contribution is -2.42. The third kappa shape index (κ3) is 7.24. The number of methoxy groups -OCH3 is 1. The van der Waals surface area contributed by atoms with Gasteiger partial charge < -0.3 is 10.1 Å². The molecule has 1 atom stereocenters. The predicted molar refractivity (Wildman–Crippen MR) is 91.8 cm³/mol. The zero-order valence-corrected chi connectivity index (χ0v) is 15.1. The van der Waals surface area contributed by atoms with Crippen molar-refractivity contribution in [2.75, 3.05) is 24.9 Å². The van der Waals surface area contributed by atoms with E-state index in [1.807, 2.05) is 30.5 Å². The number of ether oxygens (including phenoxy) is 1. The average Bonchev–Trinajstić information content (AvgIpc) is 2.50. The molecule has 7 heteroatoms. The summed E-state index contributed by atoms with van der Waals surface area (Å²) in [5.74, 6) is 0.499. The molecule has 0 fully saturated rings. The summed E-state index contributed by atoms with van der Waals surface area (Å²) in [4.78, 5) is 24.5. The molecular formula is C14H18BrNO3S2.